The number of nitrogens with zero attached hydrogens (tertiary/aromatic N) is 6. The fourth-order valence-corrected chi connectivity index (χ4v) is 3.85. The zero-order valence-corrected chi connectivity index (χ0v) is 20.0. The van der Waals surface area contributed by atoms with Crippen LogP contribution < -0.4 is 10.6 Å². The predicted octanol–water partition coefficient (Wildman–Crippen LogP) is 3.20. The van der Waals surface area contributed by atoms with Gasteiger partial charge in [0.1, 0.15) is 5.82 Å². The molecule has 3 heterocycles. The fraction of sp³-hybridized carbons (Fsp3) is 0.269. The molecule has 2 atom stereocenters. The number of aromatic nitrogens is 5. The topological polar surface area (TPSA) is 113 Å². The van der Waals surface area contributed by atoms with Crippen LogP contribution in [-0.4, -0.2) is 43.5 Å². The quantitative estimate of drug-likeness (QED) is 0.390. The van der Waals surface area contributed by atoms with Gasteiger partial charge < -0.3 is 10.6 Å². The Hall–Kier alpha value is -4.29. The van der Waals surface area contributed by atoms with Crippen LogP contribution in [0.5, 0.6) is 0 Å². The van der Waals surface area contributed by atoms with Crippen LogP contribution in [0.4, 0.5) is 5.82 Å². The Morgan fingerprint density at radius 1 is 0.943 bits per heavy atom. The molecule has 4 rings (SSSR count). The molecule has 0 saturated heterocycles. The van der Waals surface area contributed by atoms with Gasteiger partial charge in [0, 0.05) is 62.5 Å². The number of rotatable bonds is 9. The molecule has 178 valence electrons. The molecule has 3 aromatic heterocycles. The van der Waals surface area contributed by atoms with Crippen molar-refractivity contribution in [1.82, 2.24) is 29.9 Å². The lowest BCUT2D eigenvalue weighted by atomic mass is 9.98. The van der Waals surface area contributed by atoms with Crippen molar-refractivity contribution in [3.63, 3.8) is 0 Å². The number of amides is 1. The highest BCUT2D eigenvalue weighted by Gasteiger charge is 2.23. The van der Waals surface area contributed by atoms with E-state index in [1.165, 1.54) is 0 Å². The van der Waals surface area contributed by atoms with Crippen LogP contribution >= 0.6 is 0 Å². The Morgan fingerprint density at radius 2 is 1.69 bits per heavy atom. The second-order valence-electron chi connectivity index (χ2n) is 8.62. The molecule has 2 N–H and O–H groups in total. The van der Waals surface area contributed by atoms with E-state index in [9.17, 15) is 4.79 Å². The molecule has 0 saturated carbocycles. The first kappa shape index (κ1) is 23.9. The van der Waals surface area contributed by atoms with E-state index < -0.39 is 5.92 Å². The molecule has 1 aromatic carbocycles. The van der Waals surface area contributed by atoms with Crippen LogP contribution in [0.2, 0.25) is 0 Å². The van der Waals surface area contributed by atoms with E-state index >= 15 is 0 Å². The summed E-state index contributed by atoms with van der Waals surface area (Å²) in [5, 5.41) is 23.8. The molecular weight excluding hydrogens is 440 g/mol. The summed E-state index contributed by atoms with van der Waals surface area (Å²) in [6, 6.07) is 13.4. The number of benzene rings is 1. The van der Waals surface area contributed by atoms with Crippen molar-refractivity contribution in [1.29, 1.82) is 5.26 Å². The van der Waals surface area contributed by atoms with Crippen LogP contribution in [0.25, 0.3) is 11.1 Å². The first-order chi connectivity index (χ1) is 16.9. The second-order valence-corrected chi connectivity index (χ2v) is 8.62. The molecule has 0 aliphatic heterocycles. The van der Waals surface area contributed by atoms with Gasteiger partial charge in [-0.1, -0.05) is 19.1 Å². The van der Waals surface area contributed by atoms with Gasteiger partial charge in [-0.15, -0.1) is 0 Å². The van der Waals surface area contributed by atoms with Gasteiger partial charge in [-0.25, -0.2) is 4.98 Å². The SMILES string of the molecule is C[C@H](CNCC(C(=O)Nc1ccc(-c2cnn(C)c2)cn1)c1cnn(C)c1)c1ccc(C#N)cc1. The van der Waals surface area contributed by atoms with E-state index in [0.717, 1.165) is 22.3 Å². The van der Waals surface area contributed by atoms with Gasteiger partial charge in [0.05, 0.1) is 29.9 Å². The van der Waals surface area contributed by atoms with Crippen molar-refractivity contribution in [3.05, 3.63) is 84.1 Å². The largest absolute Gasteiger partial charge is 0.315 e. The molecule has 0 bridgehead atoms. The lowest BCUT2D eigenvalue weighted by Gasteiger charge is -2.18. The summed E-state index contributed by atoms with van der Waals surface area (Å²) in [4.78, 5) is 17.6. The minimum absolute atomic E-state index is 0.154. The van der Waals surface area contributed by atoms with E-state index in [0.29, 0.717) is 24.5 Å². The van der Waals surface area contributed by atoms with Crippen LogP contribution in [0.15, 0.2) is 67.4 Å². The highest BCUT2D eigenvalue weighted by Crippen LogP contribution is 2.21. The van der Waals surface area contributed by atoms with E-state index in [2.05, 4.69) is 38.8 Å². The summed E-state index contributed by atoms with van der Waals surface area (Å²) in [6.07, 6.45) is 8.99. The second kappa shape index (κ2) is 10.8. The van der Waals surface area contributed by atoms with Crippen LogP contribution in [-0.2, 0) is 18.9 Å². The van der Waals surface area contributed by atoms with Crippen LogP contribution in [0, 0.1) is 11.3 Å². The number of nitrogens with one attached hydrogen (secondary N) is 2. The van der Waals surface area contributed by atoms with Gasteiger partial charge in [-0.3, -0.25) is 14.2 Å². The van der Waals surface area contributed by atoms with Crippen molar-refractivity contribution in [2.45, 2.75) is 18.8 Å². The molecule has 0 aliphatic carbocycles. The zero-order valence-electron chi connectivity index (χ0n) is 20.0. The molecule has 9 heteroatoms. The molecule has 35 heavy (non-hydrogen) atoms. The molecule has 4 aromatic rings. The number of carbonyl (C=O) groups is 1. The number of nitriles is 1. The normalized spacial score (nSPS) is 12.6. The van der Waals surface area contributed by atoms with Gasteiger partial charge in [0.25, 0.3) is 0 Å². The third-order valence-corrected chi connectivity index (χ3v) is 5.90. The molecular formula is C26H28N8O. The summed E-state index contributed by atoms with van der Waals surface area (Å²) >= 11 is 0. The minimum atomic E-state index is -0.434. The monoisotopic (exact) mass is 468 g/mol. The Labute approximate surface area is 204 Å². The van der Waals surface area contributed by atoms with Gasteiger partial charge in [-0.2, -0.15) is 15.5 Å². The molecule has 0 fully saturated rings. The van der Waals surface area contributed by atoms with Gasteiger partial charge in [0.15, 0.2) is 0 Å². The number of pyridine rings is 1. The van der Waals surface area contributed by atoms with E-state index in [1.807, 2.05) is 56.8 Å². The molecule has 1 unspecified atom stereocenters. The number of anilines is 1. The fourth-order valence-electron chi connectivity index (χ4n) is 3.85. The van der Waals surface area contributed by atoms with Crippen LogP contribution in [0.3, 0.4) is 0 Å². The lowest BCUT2D eigenvalue weighted by molar-refractivity contribution is -0.117. The molecule has 0 aliphatic rings. The Kier molecular flexibility index (Phi) is 7.33. The number of aryl methyl sites for hydroxylation is 2. The molecule has 9 nitrogen and oxygen atoms in total. The molecule has 1 amide bonds. The Bertz CT molecular complexity index is 1310. The van der Waals surface area contributed by atoms with Crippen molar-refractivity contribution in [2.75, 3.05) is 18.4 Å². The number of hydrogen-bond donors (Lipinski definition) is 2. The zero-order chi connectivity index (χ0) is 24.8. The summed E-state index contributed by atoms with van der Waals surface area (Å²) in [5.74, 6) is 0.124. The first-order valence-electron chi connectivity index (χ1n) is 11.4. The van der Waals surface area contributed by atoms with Gasteiger partial charge >= 0.3 is 0 Å². The maximum Gasteiger partial charge on any atom is 0.234 e. The van der Waals surface area contributed by atoms with E-state index in [1.54, 1.807) is 34.0 Å². The maximum atomic E-state index is 13.2. The maximum absolute atomic E-state index is 13.2. The predicted molar refractivity (Wildman–Crippen MR) is 133 cm³/mol. The van der Waals surface area contributed by atoms with Crippen molar-refractivity contribution < 1.29 is 4.79 Å². The number of carbonyl (C=O) groups excluding carboxylic acids is 1. The minimum Gasteiger partial charge on any atom is -0.315 e. The van der Waals surface area contributed by atoms with E-state index in [4.69, 9.17) is 5.26 Å². The summed E-state index contributed by atoms with van der Waals surface area (Å²) < 4.78 is 3.43. The average molecular weight is 469 g/mol. The van der Waals surface area contributed by atoms with Crippen LogP contribution in [0.1, 0.15) is 35.4 Å². The highest BCUT2D eigenvalue weighted by molar-refractivity contribution is 5.95. The molecule has 0 spiro atoms. The molecule has 0 radical (unpaired) electrons. The number of hydrogen-bond acceptors (Lipinski definition) is 6. The smallest absolute Gasteiger partial charge is 0.234 e. The summed E-state index contributed by atoms with van der Waals surface area (Å²) in [7, 11) is 3.70. The van der Waals surface area contributed by atoms with Gasteiger partial charge in [0.2, 0.25) is 5.91 Å². The third-order valence-electron chi connectivity index (χ3n) is 5.90. The third kappa shape index (κ3) is 5.99. The van der Waals surface area contributed by atoms with Crippen molar-refractivity contribution in [2.24, 2.45) is 14.1 Å². The van der Waals surface area contributed by atoms with Gasteiger partial charge in [-0.05, 0) is 35.7 Å². The Morgan fingerprint density at radius 3 is 2.29 bits per heavy atom. The lowest BCUT2D eigenvalue weighted by Crippen LogP contribution is -2.32. The standard InChI is InChI=1S/C26H28N8O/c1-18(20-6-4-19(10-27)5-7-20)11-28-15-24(23-14-31-34(3)17-23)26(35)32-25-9-8-21(12-29-25)22-13-30-33(2)16-22/h4-9,12-14,16-18,24,28H,11,15H2,1-3H3,(H,29,32,35)/t18-,24?/m1/s1. The Balaban J connectivity index is 1.40. The summed E-state index contributed by atoms with van der Waals surface area (Å²) in [5.41, 5.74) is 4.50. The highest BCUT2D eigenvalue weighted by atomic mass is 16.2. The van der Waals surface area contributed by atoms with E-state index in [-0.39, 0.29) is 11.8 Å². The van der Waals surface area contributed by atoms with Crippen molar-refractivity contribution in [3.8, 4) is 17.2 Å². The summed E-state index contributed by atoms with van der Waals surface area (Å²) in [6.45, 7) is 3.25. The first-order valence-corrected chi connectivity index (χ1v) is 11.4. The average Bonchev–Trinajstić information content (AvgIpc) is 3.50. The van der Waals surface area contributed by atoms with Crippen molar-refractivity contribution >= 4 is 11.7 Å².